The van der Waals surface area contributed by atoms with Crippen LogP contribution in [0.4, 0.5) is 0 Å². The number of aliphatic carboxylic acids is 2. The lowest BCUT2D eigenvalue weighted by Gasteiger charge is -2.07. The van der Waals surface area contributed by atoms with E-state index in [2.05, 4.69) is 46.7 Å². The van der Waals surface area contributed by atoms with E-state index in [1.165, 1.54) is 22.0 Å². The van der Waals surface area contributed by atoms with Crippen LogP contribution >= 0.6 is 0 Å². The molecule has 0 saturated heterocycles. The minimum Gasteiger partial charge on any atom is -0.497 e. The lowest BCUT2D eigenvalue weighted by atomic mass is 10.1. The number of aromatic amines is 1. The monoisotopic (exact) mass is 370 g/mol. The van der Waals surface area contributed by atoms with Crippen molar-refractivity contribution in [1.29, 1.82) is 0 Å². The number of carbonyl (C=O) groups is 2. The van der Waals surface area contributed by atoms with E-state index in [-0.39, 0.29) is 0 Å². The van der Waals surface area contributed by atoms with Gasteiger partial charge in [0.25, 0.3) is 0 Å². The molecule has 0 spiro atoms. The summed E-state index contributed by atoms with van der Waals surface area (Å²) in [6.07, 6.45) is 3.01. The average Bonchev–Trinajstić information content (AvgIpc) is 3.15. The zero-order chi connectivity index (χ0) is 19.6. The first-order valence-corrected chi connectivity index (χ1v) is 8.36. The molecule has 7 heteroatoms. The summed E-state index contributed by atoms with van der Waals surface area (Å²) in [6, 6.07) is 16.8. The Hall–Kier alpha value is -3.32. The largest absolute Gasteiger partial charge is 0.497 e. The fourth-order valence-electron chi connectivity index (χ4n) is 2.55. The highest BCUT2D eigenvalue weighted by Crippen LogP contribution is 2.17. The maximum absolute atomic E-state index is 9.10. The third-order valence-corrected chi connectivity index (χ3v) is 3.93. The van der Waals surface area contributed by atoms with Gasteiger partial charge in [-0.05, 0) is 48.4 Å². The molecule has 0 atom stereocenters. The Morgan fingerprint density at radius 3 is 2.37 bits per heavy atom. The second-order valence-electron chi connectivity index (χ2n) is 5.74. The number of fused-ring (bicyclic) bond motifs is 1. The van der Waals surface area contributed by atoms with Gasteiger partial charge in [-0.2, -0.15) is 0 Å². The summed E-state index contributed by atoms with van der Waals surface area (Å²) in [5, 5.41) is 19.6. The number of benzene rings is 2. The van der Waals surface area contributed by atoms with Gasteiger partial charge in [0.05, 0.1) is 7.11 Å². The van der Waals surface area contributed by atoms with Gasteiger partial charge in [-0.1, -0.05) is 24.3 Å². The van der Waals surface area contributed by atoms with Gasteiger partial charge in [-0.25, -0.2) is 9.59 Å². The van der Waals surface area contributed by atoms with Crippen LogP contribution in [-0.4, -0.2) is 40.8 Å². The van der Waals surface area contributed by atoms with Gasteiger partial charge in [0.2, 0.25) is 0 Å². The first-order valence-electron chi connectivity index (χ1n) is 8.36. The summed E-state index contributed by atoms with van der Waals surface area (Å²) >= 11 is 0. The molecule has 0 radical (unpaired) electrons. The summed E-state index contributed by atoms with van der Waals surface area (Å²) in [7, 11) is 1.69. The van der Waals surface area contributed by atoms with Crippen LogP contribution < -0.4 is 10.1 Å². The van der Waals surface area contributed by atoms with Gasteiger partial charge in [-0.3, -0.25) is 0 Å². The summed E-state index contributed by atoms with van der Waals surface area (Å²) in [4.78, 5) is 21.4. The quantitative estimate of drug-likeness (QED) is 0.392. The van der Waals surface area contributed by atoms with Crippen LogP contribution in [0.5, 0.6) is 5.75 Å². The lowest BCUT2D eigenvalue weighted by Crippen LogP contribution is -2.16. The fourth-order valence-corrected chi connectivity index (χ4v) is 2.55. The van der Waals surface area contributed by atoms with Crippen LogP contribution in [0.3, 0.4) is 0 Å². The maximum atomic E-state index is 9.10. The fraction of sp³-hybridized carbons (Fsp3) is 0.200. The summed E-state index contributed by atoms with van der Waals surface area (Å²) in [5.74, 6) is -2.74. The van der Waals surface area contributed by atoms with E-state index in [1.807, 2.05) is 18.3 Å². The molecule has 0 bridgehead atoms. The van der Waals surface area contributed by atoms with Gasteiger partial charge in [-0.15, -0.1) is 0 Å². The highest BCUT2D eigenvalue weighted by atomic mass is 16.5. The highest BCUT2D eigenvalue weighted by molar-refractivity contribution is 6.27. The molecule has 3 aromatic rings. The van der Waals surface area contributed by atoms with Gasteiger partial charge in [0.15, 0.2) is 0 Å². The Morgan fingerprint density at radius 2 is 1.74 bits per heavy atom. The number of nitrogens with one attached hydrogen (secondary N) is 2. The van der Waals surface area contributed by atoms with Crippen molar-refractivity contribution in [3.8, 4) is 5.75 Å². The molecule has 27 heavy (non-hydrogen) atoms. The first kappa shape index (κ1) is 20.0. The topological polar surface area (TPSA) is 112 Å². The number of hydrogen-bond acceptors (Lipinski definition) is 4. The number of hydrogen-bond donors (Lipinski definition) is 4. The van der Waals surface area contributed by atoms with Crippen molar-refractivity contribution < 1.29 is 24.5 Å². The maximum Gasteiger partial charge on any atom is 0.414 e. The summed E-state index contributed by atoms with van der Waals surface area (Å²) < 4.78 is 5.17. The molecule has 4 N–H and O–H groups in total. The SMILES string of the molecule is COc1ccc(CCNCc2cccc3[nH]ccc23)cc1.O=C(O)C(=O)O. The molecule has 7 nitrogen and oxygen atoms in total. The van der Waals surface area contributed by atoms with Crippen molar-refractivity contribution in [3.05, 3.63) is 65.9 Å². The molecule has 0 amide bonds. The predicted octanol–water partition coefficient (Wildman–Crippen LogP) is 2.66. The number of aromatic nitrogens is 1. The molecule has 0 saturated carbocycles. The van der Waals surface area contributed by atoms with Crippen molar-refractivity contribution in [2.75, 3.05) is 13.7 Å². The van der Waals surface area contributed by atoms with E-state index in [9.17, 15) is 0 Å². The number of carboxylic acids is 2. The minimum atomic E-state index is -1.82. The normalized spacial score (nSPS) is 10.1. The second kappa shape index (κ2) is 9.98. The number of ether oxygens (including phenoxy) is 1. The number of methoxy groups -OCH3 is 1. The van der Waals surface area contributed by atoms with Crippen LogP contribution in [0.25, 0.3) is 10.9 Å². The molecule has 0 fully saturated rings. The van der Waals surface area contributed by atoms with Crippen molar-refractivity contribution in [1.82, 2.24) is 10.3 Å². The molecule has 0 unspecified atom stereocenters. The van der Waals surface area contributed by atoms with Crippen LogP contribution in [0.1, 0.15) is 11.1 Å². The Balaban J connectivity index is 0.000000380. The van der Waals surface area contributed by atoms with Gasteiger partial charge >= 0.3 is 11.9 Å². The van der Waals surface area contributed by atoms with E-state index in [0.29, 0.717) is 0 Å². The third-order valence-electron chi connectivity index (χ3n) is 3.93. The number of H-pyrrole nitrogens is 1. The highest BCUT2D eigenvalue weighted by Gasteiger charge is 2.04. The molecule has 0 aliphatic heterocycles. The Morgan fingerprint density at radius 1 is 1.04 bits per heavy atom. The van der Waals surface area contributed by atoms with E-state index >= 15 is 0 Å². The molecule has 1 aromatic heterocycles. The molecular weight excluding hydrogens is 348 g/mol. The smallest absolute Gasteiger partial charge is 0.414 e. The molecule has 1 heterocycles. The predicted molar refractivity (Wildman–Crippen MR) is 102 cm³/mol. The molecule has 2 aromatic carbocycles. The van der Waals surface area contributed by atoms with Gasteiger partial charge in [0.1, 0.15) is 5.75 Å². The summed E-state index contributed by atoms with van der Waals surface area (Å²) in [5.41, 5.74) is 3.86. The Bertz CT molecular complexity index is 875. The van der Waals surface area contributed by atoms with Gasteiger partial charge in [0, 0.05) is 23.6 Å². The lowest BCUT2D eigenvalue weighted by molar-refractivity contribution is -0.159. The zero-order valence-corrected chi connectivity index (χ0v) is 14.9. The minimum absolute atomic E-state index is 0.894. The van der Waals surface area contributed by atoms with Crippen LogP contribution in [0, 0.1) is 0 Å². The van der Waals surface area contributed by atoms with Crippen LogP contribution in [-0.2, 0) is 22.6 Å². The average molecular weight is 370 g/mol. The van der Waals surface area contributed by atoms with Crippen molar-refractivity contribution in [3.63, 3.8) is 0 Å². The molecule has 0 aliphatic rings. The molecule has 3 rings (SSSR count). The zero-order valence-electron chi connectivity index (χ0n) is 14.9. The molecule has 0 aliphatic carbocycles. The first-order chi connectivity index (χ1) is 13.0. The molecule has 142 valence electrons. The molecular formula is C20H22N2O5. The van der Waals surface area contributed by atoms with E-state index in [1.54, 1.807) is 7.11 Å². The number of rotatable bonds is 6. The van der Waals surface area contributed by atoms with E-state index < -0.39 is 11.9 Å². The van der Waals surface area contributed by atoms with Crippen molar-refractivity contribution >= 4 is 22.8 Å². The van der Waals surface area contributed by atoms with Crippen molar-refractivity contribution in [2.45, 2.75) is 13.0 Å². The van der Waals surface area contributed by atoms with E-state index in [4.69, 9.17) is 24.5 Å². The van der Waals surface area contributed by atoms with Crippen LogP contribution in [0.15, 0.2) is 54.7 Å². The Labute approximate surface area is 156 Å². The van der Waals surface area contributed by atoms with E-state index in [0.717, 1.165) is 25.3 Å². The van der Waals surface area contributed by atoms with Crippen molar-refractivity contribution in [2.24, 2.45) is 0 Å². The summed E-state index contributed by atoms with van der Waals surface area (Å²) in [6.45, 7) is 1.86. The Kier molecular flexibility index (Phi) is 7.39. The van der Waals surface area contributed by atoms with Crippen LogP contribution in [0.2, 0.25) is 0 Å². The van der Waals surface area contributed by atoms with Gasteiger partial charge < -0.3 is 25.3 Å². The third kappa shape index (κ3) is 6.16. The standard InChI is InChI=1S/C18H20N2O.C2H2O4/c1-21-16-7-5-14(6-8-16)9-11-19-13-15-3-2-4-18-17(15)10-12-20-18;3-1(4)2(5)6/h2-8,10,12,19-20H,9,11,13H2,1H3;(H,3,4)(H,5,6). The number of carboxylic acid groups (broad SMARTS) is 2. The second-order valence-corrected chi connectivity index (χ2v) is 5.74.